The second kappa shape index (κ2) is 10.4. The maximum absolute atomic E-state index is 5.62. The number of hydrogen-bond acceptors (Lipinski definition) is 3. The molecule has 2 aliphatic rings. The van der Waals surface area contributed by atoms with Crippen LogP contribution in [0.5, 0.6) is 0 Å². The topological polar surface area (TPSA) is 54.9 Å². The number of guanidine groups is 1. The summed E-state index contributed by atoms with van der Waals surface area (Å²) in [4.78, 5) is 4.45. The summed E-state index contributed by atoms with van der Waals surface area (Å²) >= 11 is 0. The first-order valence-electron chi connectivity index (χ1n) is 10.2. The molecule has 0 amide bonds. The average Bonchev–Trinajstić information content (AvgIpc) is 3.05. The van der Waals surface area contributed by atoms with E-state index in [4.69, 9.17) is 9.47 Å². The summed E-state index contributed by atoms with van der Waals surface area (Å²) in [7, 11) is 3.67. The molecule has 2 aliphatic carbocycles. The van der Waals surface area contributed by atoms with Crippen molar-refractivity contribution in [2.24, 2.45) is 15.8 Å². The molecule has 0 aliphatic heterocycles. The Balaban J connectivity index is 1.78. The van der Waals surface area contributed by atoms with Crippen LogP contribution in [0.25, 0.3) is 0 Å². The van der Waals surface area contributed by atoms with Crippen molar-refractivity contribution < 1.29 is 9.47 Å². The van der Waals surface area contributed by atoms with Crippen LogP contribution in [0, 0.1) is 10.8 Å². The second-order valence-corrected chi connectivity index (χ2v) is 8.03. The maximum Gasteiger partial charge on any atom is 0.191 e. The quantitative estimate of drug-likeness (QED) is 0.340. The van der Waals surface area contributed by atoms with Crippen molar-refractivity contribution in [3.63, 3.8) is 0 Å². The molecule has 5 heteroatoms. The molecule has 0 atom stereocenters. The molecule has 2 fully saturated rings. The van der Waals surface area contributed by atoms with E-state index >= 15 is 0 Å². The van der Waals surface area contributed by atoms with Crippen LogP contribution in [-0.4, -0.2) is 53.0 Å². The van der Waals surface area contributed by atoms with Gasteiger partial charge in [-0.25, -0.2) is 0 Å². The van der Waals surface area contributed by atoms with Gasteiger partial charge in [0.1, 0.15) is 0 Å². The van der Waals surface area contributed by atoms with E-state index in [1.165, 1.54) is 44.9 Å². The molecule has 146 valence electrons. The monoisotopic (exact) mass is 353 g/mol. The molecule has 0 aromatic rings. The van der Waals surface area contributed by atoms with Crippen molar-refractivity contribution in [2.75, 3.05) is 47.1 Å². The van der Waals surface area contributed by atoms with Gasteiger partial charge in [0.15, 0.2) is 5.96 Å². The van der Waals surface area contributed by atoms with Crippen LogP contribution in [0.4, 0.5) is 0 Å². The summed E-state index contributed by atoms with van der Waals surface area (Å²) < 4.78 is 10.9. The van der Waals surface area contributed by atoms with Crippen molar-refractivity contribution >= 4 is 5.96 Å². The van der Waals surface area contributed by atoms with Crippen molar-refractivity contribution in [3.05, 3.63) is 0 Å². The Bertz CT molecular complexity index is 402. The standard InChI is InChI=1S/C20H39N3O2/c1-4-25-15-13-19(8-5-6-9-19)16-22-18(21-2)23-17-20(10-7-11-20)12-14-24-3/h4-17H2,1-3H3,(H2,21,22,23). The summed E-state index contributed by atoms with van der Waals surface area (Å²) in [6, 6.07) is 0. The molecule has 0 aromatic heterocycles. The number of methoxy groups -OCH3 is 1. The van der Waals surface area contributed by atoms with Crippen molar-refractivity contribution in [1.82, 2.24) is 10.6 Å². The zero-order chi connectivity index (χ0) is 18.0. The van der Waals surface area contributed by atoms with E-state index in [0.29, 0.717) is 10.8 Å². The van der Waals surface area contributed by atoms with Crippen LogP contribution in [0.15, 0.2) is 4.99 Å². The Kier molecular flexibility index (Phi) is 8.50. The molecule has 0 saturated heterocycles. The first-order chi connectivity index (χ1) is 12.2. The van der Waals surface area contributed by atoms with Crippen LogP contribution in [0.1, 0.15) is 64.7 Å². The lowest BCUT2D eigenvalue weighted by Gasteiger charge is -2.42. The molecular weight excluding hydrogens is 314 g/mol. The molecule has 2 rings (SSSR count). The number of nitrogens with one attached hydrogen (secondary N) is 2. The fourth-order valence-electron chi connectivity index (χ4n) is 4.35. The Morgan fingerprint density at radius 1 is 0.920 bits per heavy atom. The van der Waals surface area contributed by atoms with E-state index in [9.17, 15) is 0 Å². The highest BCUT2D eigenvalue weighted by atomic mass is 16.5. The Morgan fingerprint density at radius 3 is 1.92 bits per heavy atom. The lowest BCUT2D eigenvalue weighted by molar-refractivity contribution is 0.0731. The molecule has 5 nitrogen and oxygen atoms in total. The van der Waals surface area contributed by atoms with Gasteiger partial charge >= 0.3 is 0 Å². The smallest absolute Gasteiger partial charge is 0.191 e. The summed E-state index contributed by atoms with van der Waals surface area (Å²) in [5.41, 5.74) is 0.796. The van der Waals surface area contributed by atoms with Crippen molar-refractivity contribution in [1.29, 1.82) is 0 Å². The Hall–Kier alpha value is -0.810. The van der Waals surface area contributed by atoms with E-state index in [1.807, 2.05) is 7.05 Å². The molecule has 2 N–H and O–H groups in total. The Morgan fingerprint density at radius 2 is 1.48 bits per heavy atom. The molecule has 0 unspecified atom stereocenters. The van der Waals surface area contributed by atoms with Crippen LogP contribution in [0.3, 0.4) is 0 Å². The number of rotatable bonds is 11. The third-order valence-electron chi connectivity index (χ3n) is 6.38. The summed E-state index contributed by atoms with van der Waals surface area (Å²) in [6.45, 7) is 6.63. The minimum absolute atomic E-state index is 0.386. The molecule has 25 heavy (non-hydrogen) atoms. The SMILES string of the molecule is CCOCCC1(CNC(=NC)NCC2(CCOC)CCC2)CCCC1. The molecule has 0 bridgehead atoms. The van der Waals surface area contributed by atoms with Gasteiger partial charge in [-0.1, -0.05) is 19.3 Å². The largest absolute Gasteiger partial charge is 0.385 e. The predicted molar refractivity (Wildman–Crippen MR) is 104 cm³/mol. The highest BCUT2D eigenvalue weighted by molar-refractivity contribution is 5.79. The van der Waals surface area contributed by atoms with Crippen LogP contribution < -0.4 is 10.6 Å². The van der Waals surface area contributed by atoms with E-state index < -0.39 is 0 Å². The predicted octanol–water partition coefficient (Wildman–Crippen LogP) is 3.35. The van der Waals surface area contributed by atoms with E-state index in [-0.39, 0.29) is 0 Å². The number of ether oxygens (including phenoxy) is 2. The van der Waals surface area contributed by atoms with Crippen LogP contribution in [0.2, 0.25) is 0 Å². The van der Waals surface area contributed by atoms with Gasteiger partial charge in [-0.15, -0.1) is 0 Å². The third-order valence-corrected chi connectivity index (χ3v) is 6.38. The minimum Gasteiger partial charge on any atom is -0.385 e. The Labute approximate surface area is 154 Å². The van der Waals surface area contributed by atoms with Crippen LogP contribution >= 0.6 is 0 Å². The van der Waals surface area contributed by atoms with Crippen molar-refractivity contribution in [3.8, 4) is 0 Å². The average molecular weight is 354 g/mol. The van der Waals surface area contributed by atoms with Gasteiger partial charge in [0.05, 0.1) is 0 Å². The first kappa shape index (κ1) is 20.5. The van der Waals surface area contributed by atoms with Crippen LogP contribution in [-0.2, 0) is 9.47 Å². The van der Waals surface area contributed by atoms with E-state index in [0.717, 1.165) is 51.7 Å². The van der Waals surface area contributed by atoms with E-state index in [2.05, 4.69) is 22.5 Å². The van der Waals surface area contributed by atoms with Gasteiger partial charge in [0.25, 0.3) is 0 Å². The van der Waals surface area contributed by atoms with Gasteiger partial charge < -0.3 is 20.1 Å². The van der Waals surface area contributed by atoms with Gasteiger partial charge in [-0.2, -0.15) is 0 Å². The lowest BCUT2D eigenvalue weighted by Crippen LogP contribution is -2.49. The zero-order valence-corrected chi connectivity index (χ0v) is 16.7. The molecule has 0 aromatic carbocycles. The highest BCUT2D eigenvalue weighted by Crippen LogP contribution is 2.43. The molecule has 2 saturated carbocycles. The minimum atomic E-state index is 0.386. The second-order valence-electron chi connectivity index (χ2n) is 8.03. The molecular formula is C20H39N3O2. The fraction of sp³-hybridized carbons (Fsp3) is 0.950. The number of hydrogen-bond donors (Lipinski definition) is 2. The summed E-state index contributed by atoms with van der Waals surface area (Å²) in [5.74, 6) is 0.950. The van der Waals surface area contributed by atoms with E-state index in [1.54, 1.807) is 7.11 Å². The number of aliphatic imine (C=N–C) groups is 1. The maximum atomic E-state index is 5.62. The normalized spacial score (nSPS) is 21.8. The third kappa shape index (κ3) is 6.14. The molecule has 0 radical (unpaired) electrons. The van der Waals surface area contributed by atoms with Gasteiger partial charge in [0.2, 0.25) is 0 Å². The molecule has 0 spiro atoms. The van der Waals surface area contributed by atoms with Gasteiger partial charge in [0, 0.05) is 47.1 Å². The molecule has 0 heterocycles. The first-order valence-corrected chi connectivity index (χ1v) is 10.2. The highest BCUT2D eigenvalue weighted by Gasteiger charge is 2.37. The number of nitrogens with zero attached hydrogens (tertiary/aromatic N) is 1. The van der Waals surface area contributed by atoms with Gasteiger partial charge in [-0.3, -0.25) is 4.99 Å². The van der Waals surface area contributed by atoms with Gasteiger partial charge in [-0.05, 0) is 56.3 Å². The summed E-state index contributed by atoms with van der Waals surface area (Å²) in [6.07, 6.45) is 11.6. The van der Waals surface area contributed by atoms with Crippen molar-refractivity contribution in [2.45, 2.75) is 64.7 Å². The lowest BCUT2D eigenvalue weighted by atomic mass is 9.67. The zero-order valence-electron chi connectivity index (χ0n) is 16.7. The summed E-state index contributed by atoms with van der Waals surface area (Å²) in [5, 5.41) is 7.19. The fourth-order valence-corrected chi connectivity index (χ4v) is 4.35.